The van der Waals surface area contributed by atoms with Crippen molar-refractivity contribution in [1.82, 2.24) is 9.38 Å². The number of fused-ring (bicyclic) bond motifs is 1. The Labute approximate surface area is 139 Å². The number of rotatable bonds is 3. The average molecular weight is 383 g/mol. The van der Waals surface area contributed by atoms with Crippen molar-refractivity contribution in [1.29, 1.82) is 0 Å². The summed E-state index contributed by atoms with van der Waals surface area (Å²) in [6, 6.07) is 4.65. The number of sulfonamides is 1. The van der Waals surface area contributed by atoms with Crippen LogP contribution in [0, 0.1) is 0 Å². The molecule has 0 saturated carbocycles. The van der Waals surface area contributed by atoms with Gasteiger partial charge in [-0.3, -0.25) is 9.12 Å². The highest BCUT2D eigenvalue weighted by Gasteiger charge is 2.26. The van der Waals surface area contributed by atoms with Gasteiger partial charge in [-0.2, -0.15) is 8.42 Å². The Morgan fingerprint density at radius 2 is 2.00 bits per heavy atom. The van der Waals surface area contributed by atoms with E-state index in [4.69, 9.17) is 34.8 Å². The molecule has 2 aromatic heterocycles. The molecule has 10 heteroatoms. The van der Waals surface area contributed by atoms with E-state index in [1.54, 1.807) is 23.7 Å². The molecule has 0 amide bonds. The first kappa shape index (κ1) is 14.9. The zero-order valence-corrected chi connectivity index (χ0v) is 13.9. The molecule has 3 aromatic rings. The standard InChI is InChI=1S/C11H6Cl3N3O2S2/c12-6-2-1-3-7(8(6)13)16-21(18,19)10-9(14)15-11-17(10)4-5-20-11/h1-5,16H. The number of anilines is 1. The van der Waals surface area contributed by atoms with Gasteiger partial charge in [-0.15, -0.1) is 11.3 Å². The average Bonchev–Trinajstić information content (AvgIpc) is 2.94. The minimum atomic E-state index is -3.95. The van der Waals surface area contributed by atoms with Crippen LogP contribution in [-0.4, -0.2) is 17.8 Å². The van der Waals surface area contributed by atoms with Crippen molar-refractivity contribution in [2.75, 3.05) is 4.72 Å². The monoisotopic (exact) mass is 381 g/mol. The zero-order chi connectivity index (χ0) is 15.2. The normalized spacial score (nSPS) is 12.0. The number of benzene rings is 1. The molecule has 110 valence electrons. The molecule has 0 aliphatic carbocycles. The molecular weight excluding hydrogens is 377 g/mol. The van der Waals surface area contributed by atoms with Gasteiger partial charge < -0.3 is 0 Å². The van der Waals surface area contributed by atoms with Crippen molar-refractivity contribution >= 4 is 66.8 Å². The van der Waals surface area contributed by atoms with Crippen LogP contribution in [0.15, 0.2) is 34.8 Å². The van der Waals surface area contributed by atoms with Crippen LogP contribution >= 0.6 is 46.1 Å². The third-order valence-electron chi connectivity index (χ3n) is 2.63. The van der Waals surface area contributed by atoms with E-state index in [1.165, 1.54) is 21.8 Å². The van der Waals surface area contributed by atoms with Gasteiger partial charge in [0, 0.05) is 11.6 Å². The Bertz CT molecular complexity index is 933. The number of thiazole rings is 1. The summed E-state index contributed by atoms with van der Waals surface area (Å²) < 4.78 is 28.8. The smallest absolute Gasteiger partial charge is 0.278 e. The van der Waals surface area contributed by atoms with Crippen LogP contribution < -0.4 is 4.72 Å². The second kappa shape index (κ2) is 5.33. The lowest BCUT2D eigenvalue weighted by Gasteiger charge is -2.09. The topological polar surface area (TPSA) is 63.5 Å². The fraction of sp³-hybridized carbons (Fsp3) is 0. The van der Waals surface area contributed by atoms with Crippen LogP contribution in [0.1, 0.15) is 0 Å². The fourth-order valence-electron chi connectivity index (χ4n) is 1.75. The molecule has 0 spiro atoms. The first-order valence-corrected chi connectivity index (χ1v) is 8.98. The van der Waals surface area contributed by atoms with Gasteiger partial charge in [0.15, 0.2) is 15.1 Å². The number of hydrogen-bond donors (Lipinski definition) is 1. The first-order valence-electron chi connectivity index (χ1n) is 5.48. The summed E-state index contributed by atoms with van der Waals surface area (Å²) in [6.45, 7) is 0. The van der Waals surface area contributed by atoms with Gasteiger partial charge in [-0.1, -0.05) is 40.9 Å². The van der Waals surface area contributed by atoms with Gasteiger partial charge in [-0.25, -0.2) is 4.98 Å². The maximum atomic E-state index is 12.5. The minimum absolute atomic E-state index is 0.104. The van der Waals surface area contributed by atoms with Gasteiger partial charge >= 0.3 is 0 Å². The summed E-state index contributed by atoms with van der Waals surface area (Å²) in [5.74, 6) is 0. The highest BCUT2D eigenvalue weighted by Crippen LogP contribution is 2.32. The number of hydrogen-bond acceptors (Lipinski definition) is 4. The van der Waals surface area contributed by atoms with Gasteiger partial charge in [-0.05, 0) is 12.1 Å². The molecule has 2 heterocycles. The molecule has 0 saturated heterocycles. The Balaban J connectivity index is 2.11. The largest absolute Gasteiger partial charge is 0.281 e. The molecule has 0 aliphatic rings. The van der Waals surface area contributed by atoms with Gasteiger partial charge in [0.1, 0.15) is 0 Å². The maximum Gasteiger partial charge on any atom is 0.281 e. The predicted molar refractivity (Wildman–Crippen MR) is 85.3 cm³/mol. The second-order valence-electron chi connectivity index (χ2n) is 3.97. The van der Waals surface area contributed by atoms with E-state index in [-0.39, 0.29) is 25.9 Å². The summed E-state index contributed by atoms with van der Waals surface area (Å²) in [7, 11) is -3.95. The Morgan fingerprint density at radius 3 is 2.76 bits per heavy atom. The molecule has 0 radical (unpaired) electrons. The molecule has 0 fully saturated rings. The lowest BCUT2D eigenvalue weighted by atomic mass is 10.3. The van der Waals surface area contributed by atoms with E-state index in [0.717, 1.165) is 0 Å². The molecule has 1 aromatic carbocycles. The zero-order valence-electron chi connectivity index (χ0n) is 10.0. The second-order valence-corrected chi connectivity index (χ2v) is 7.58. The quantitative estimate of drug-likeness (QED) is 0.740. The lowest BCUT2D eigenvalue weighted by Crippen LogP contribution is -2.15. The lowest BCUT2D eigenvalue weighted by molar-refractivity contribution is 0.597. The van der Waals surface area contributed by atoms with Crippen molar-refractivity contribution in [3.63, 3.8) is 0 Å². The Kier molecular flexibility index (Phi) is 3.79. The van der Waals surface area contributed by atoms with Crippen LogP contribution in [0.2, 0.25) is 15.2 Å². The Morgan fingerprint density at radius 1 is 1.24 bits per heavy atom. The summed E-state index contributed by atoms with van der Waals surface area (Å²) in [6.07, 6.45) is 1.58. The van der Waals surface area contributed by atoms with Crippen molar-refractivity contribution in [3.8, 4) is 0 Å². The number of aromatic nitrogens is 2. The summed E-state index contributed by atoms with van der Waals surface area (Å²) in [5.41, 5.74) is 0.172. The van der Waals surface area contributed by atoms with Crippen LogP contribution in [0.4, 0.5) is 5.69 Å². The maximum absolute atomic E-state index is 12.5. The van der Waals surface area contributed by atoms with E-state index >= 15 is 0 Å². The van der Waals surface area contributed by atoms with E-state index in [1.807, 2.05) is 0 Å². The van der Waals surface area contributed by atoms with Crippen LogP contribution in [0.25, 0.3) is 4.96 Å². The van der Waals surface area contributed by atoms with Gasteiger partial charge in [0.25, 0.3) is 10.0 Å². The van der Waals surface area contributed by atoms with Crippen LogP contribution in [0.5, 0.6) is 0 Å². The van der Waals surface area contributed by atoms with Crippen LogP contribution in [0.3, 0.4) is 0 Å². The highest BCUT2D eigenvalue weighted by molar-refractivity contribution is 7.92. The van der Waals surface area contributed by atoms with E-state index in [2.05, 4.69) is 9.71 Å². The molecule has 0 atom stereocenters. The number of nitrogens with one attached hydrogen (secondary N) is 1. The van der Waals surface area contributed by atoms with E-state index in [9.17, 15) is 8.42 Å². The third-order valence-corrected chi connectivity index (χ3v) is 5.97. The molecule has 0 unspecified atom stereocenters. The highest BCUT2D eigenvalue weighted by atomic mass is 35.5. The molecule has 21 heavy (non-hydrogen) atoms. The van der Waals surface area contributed by atoms with Crippen LogP contribution in [-0.2, 0) is 10.0 Å². The minimum Gasteiger partial charge on any atom is -0.278 e. The van der Waals surface area contributed by atoms with Crippen molar-refractivity contribution in [2.45, 2.75) is 5.03 Å². The molecule has 0 bridgehead atoms. The molecule has 5 nitrogen and oxygen atoms in total. The fourth-order valence-corrected chi connectivity index (χ4v) is 4.69. The van der Waals surface area contributed by atoms with Gasteiger partial charge in [0.2, 0.25) is 0 Å². The summed E-state index contributed by atoms with van der Waals surface area (Å²) in [5, 5.41) is 1.83. The summed E-state index contributed by atoms with van der Waals surface area (Å²) in [4.78, 5) is 4.47. The Hall–Kier alpha value is -0.990. The predicted octanol–water partition coefficient (Wildman–Crippen LogP) is 4.16. The molecular formula is C11H6Cl3N3O2S2. The third kappa shape index (κ3) is 2.60. The molecule has 1 N–H and O–H groups in total. The molecule has 3 rings (SSSR count). The number of nitrogens with zero attached hydrogens (tertiary/aromatic N) is 2. The number of imidazole rings is 1. The molecule has 0 aliphatic heterocycles. The van der Waals surface area contributed by atoms with Crippen molar-refractivity contribution in [2.24, 2.45) is 0 Å². The first-order chi connectivity index (χ1) is 9.90. The number of halogens is 3. The van der Waals surface area contributed by atoms with E-state index in [0.29, 0.717) is 4.96 Å². The van der Waals surface area contributed by atoms with Crippen molar-refractivity contribution in [3.05, 3.63) is 45.0 Å². The SMILES string of the molecule is O=S(=O)(Nc1cccc(Cl)c1Cl)c1c(Cl)nc2sccn12. The van der Waals surface area contributed by atoms with Crippen molar-refractivity contribution < 1.29 is 8.42 Å². The summed E-state index contributed by atoms with van der Waals surface area (Å²) >= 11 is 19.1. The van der Waals surface area contributed by atoms with E-state index < -0.39 is 10.0 Å². The van der Waals surface area contributed by atoms with Gasteiger partial charge in [0.05, 0.1) is 15.7 Å².